The number of hydrogen-bond donors (Lipinski definition) is 0. The molecule has 0 saturated carbocycles. The summed E-state index contributed by atoms with van der Waals surface area (Å²) in [5.74, 6) is -0.898. The second-order valence-corrected chi connectivity index (χ2v) is 6.61. The largest absolute Gasteiger partial charge is 0.457 e. The summed E-state index contributed by atoms with van der Waals surface area (Å²) in [6.07, 6.45) is 0. The van der Waals surface area contributed by atoms with Crippen molar-refractivity contribution in [2.75, 3.05) is 13.2 Å². The zero-order chi connectivity index (χ0) is 16.0. The van der Waals surface area contributed by atoms with Gasteiger partial charge in [0.2, 0.25) is 0 Å². The van der Waals surface area contributed by atoms with E-state index < -0.39 is 31.4 Å². The average Bonchev–Trinajstić information content (AvgIpc) is 2.20. The van der Waals surface area contributed by atoms with Gasteiger partial charge in [0.1, 0.15) is 11.2 Å². The van der Waals surface area contributed by atoms with Gasteiger partial charge >= 0.3 is 20.2 Å². The highest BCUT2D eigenvalue weighted by molar-refractivity contribution is 7.33. The first-order chi connectivity index (χ1) is 8.93. The summed E-state index contributed by atoms with van der Waals surface area (Å²) >= 11 is 0. The van der Waals surface area contributed by atoms with Crippen molar-refractivity contribution in [1.29, 1.82) is 0 Å². The first kappa shape index (κ1) is 19.1. The maximum absolute atomic E-state index is 11.6. The van der Waals surface area contributed by atoms with Gasteiger partial charge in [-0.1, -0.05) is 0 Å². The molecular weight excluding hydrogens is 287 g/mol. The zero-order valence-corrected chi connectivity index (χ0v) is 13.8. The van der Waals surface area contributed by atoms with Gasteiger partial charge in [-0.2, -0.15) is 0 Å². The van der Waals surface area contributed by atoms with E-state index in [4.69, 9.17) is 18.5 Å². The van der Waals surface area contributed by atoms with Crippen LogP contribution in [0.4, 0.5) is 0 Å². The first-order valence-electron chi connectivity index (χ1n) is 6.12. The SMILES string of the molecule is CC(=O)OC(C)(C)CO[PH](=O)OCC(C)(C)OC(C)=O. The van der Waals surface area contributed by atoms with Crippen LogP contribution in [-0.4, -0.2) is 36.4 Å². The molecule has 0 aliphatic heterocycles. The molecular formula is C12H23O7P. The van der Waals surface area contributed by atoms with E-state index in [1.54, 1.807) is 27.7 Å². The predicted molar refractivity (Wildman–Crippen MR) is 72.6 cm³/mol. The first-order valence-corrected chi connectivity index (χ1v) is 7.35. The fourth-order valence-corrected chi connectivity index (χ4v) is 2.36. The fraction of sp³-hybridized carbons (Fsp3) is 0.833. The van der Waals surface area contributed by atoms with E-state index in [9.17, 15) is 14.2 Å². The van der Waals surface area contributed by atoms with Gasteiger partial charge in [0.15, 0.2) is 0 Å². The maximum Gasteiger partial charge on any atom is 0.319 e. The Morgan fingerprint density at radius 3 is 1.40 bits per heavy atom. The lowest BCUT2D eigenvalue weighted by molar-refractivity contribution is -0.156. The van der Waals surface area contributed by atoms with Crippen LogP contribution in [-0.2, 0) is 32.7 Å². The molecule has 0 rings (SSSR count). The Kier molecular flexibility index (Phi) is 7.41. The topological polar surface area (TPSA) is 88.1 Å². The van der Waals surface area contributed by atoms with Crippen molar-refractivity contribution < 1.29 is 32.7 Å². The molecule has 118 valence electrons. The summed E-state index contributed by atoms with van der Waals surface area (Å²) in [6, 6.07) is 0. The van der Waals surface area contributed by atoms with Crippen LogP contribution in [0.5, 0.6) is 0 Å². The van der Waals surface area contributed by atoms with E-state index in [2.05, 4.69) is 0 Å². The average molecular weight is 310 g/mol. The summed E-state index contributed by atoms with van der Waals surface area (Å²) in [5, 5.41) is 0. The number of carbonyl (C=O) groups excluding carboxylic acids is 2. The quantitative estimate of drug-likeness (QED) is 0.501. The van der Waals surface area contributed by atoms with Gasteiger partial charge in [-0.25, -0.2) is 0 Å². The minimum atomic E-state index is -2.76. The van der Waals surface area contributed by atoms with Crippen LogP contribution < -0.4 is 0 Å². The predicted octanol–water partition coefficient (Wildman–Crippen LogP) is 2.09. The minimum absolute atomic E-state index is 0.0572. The molecule has 0 atom stereocenters. The van der Waals surface area contributed by atoms with Crippen molar-refractivity contribution in [1.82, 2.24) is 0 Å². The van der Waals surface area contributed by atoms with Gasteiger partial charge in [0.25, 0.3) is 0 Å². The molecule has 20 heavy (non-hydrogen) atoms. The lowest BCUT2D eigenvalue weighted by atomic mass is 10.1. The van der Waals surface area contributed by atoms with Crippen LogP contribution in [0.25, 0.3) is 0 Å². The molecule has 0 heterocycles. The molecule has 0 unspecified atom stereocenters. The molecule has 0 aliphatic rings. The van der Waals surface area contributed by atoms with E-state index in [1.165, 1.54) is 13.8 Å². The van der Waals surface area contributed by atoms with Crippen molar-refractivity contribution in [3.63, 3.8) is 0 Å². The fourth-order valence-electron chi connectivity index (χ4n) is 1.34. The van der Waals surface area contributed by atoms with Crippen molar-refractivity contribution in [3.05, 3.63) is 0 Å². The van der Waals surface area contributed by atoms with Gasteiger partial charge in [-0.05, 0) is 27.7 Å². The summed E-state index contributed by atoms with van der Waals surface area (Å²) in [7, 11) is -2.76. The molecule has 8 heteroatoms. The smallest absolute Gasteiger partial charge is 0.319 e. The molecule has 0 fully saturated rings. The lowest BCUT2D eigenvalue weighted by Crippen LogP contribution is -2.33. The normalized spacial score (nSPS) is 12.3. The molecule has 0 radical (unpaired) electrons. The van der Waals surface area contributed by atoms with Crippen LogP contribution in [0.2, 0.25) is 0 Å². The highest BCUT2D eigenvalue weighted by Crippen LogP contribution is 2.28. The number of carbonyl (C=O) groups is 2. The van der Waals surface area contributed by atoms with Crippen molar-refractivity contribution in [3.8, 4) is 0 Å². The monoisotopic (exact) mass is 310 g/mol. The molecule has 0 N–H and O–H groups in total. The molecule has 0 spiro atoms. The van der Waals surface area contributed by atoms with E-state index in [0.717, 1.165) is 0 Å². The van der Waals surface area contributed by atoms with Gasteiger partial charge in [-0.15, -0.1) is 0 Å². The standard InChI is InChI=1S/C12H23O7P/c1-9(13)18-11(3,4)7-16-20(15)17-8-12(5,6)19-10(2)14/h20H,7-8H2,1-6H3. The Bertz CT molecular complexity index is 342. The van der Waals surface area contributed by atoms with Crippen LogP contribution >= 0.6 is 8.25 Å². The van der Waals surface area contributed by atoms with Crippen molar-refractivity contribution in [2.45, 2.75) is 52.7 Å². The third-order valence-electron chi connectivity index (χ3n) is 1.92. The van der Waals surface area contributed by atoms with E-state index >= 15 is 0 Å². The Morgan fingerprint density at radius 2 is 1.15 bits per heavy atom. The van der Waals surface area contributed by atoms with Gasteiger partial charge in [0.05, 0.1) is 13.2 Å². The lowest BCUT2D eigenvalue weighted by Gasteiger charge is -2.25. The maximum atomic E-state index is 11.6. The third kappa shape index (κ3) is 9.95. The van der Waals surface area contributed by atoms with E-state index in [0.29, 0.717) is 0 Å². The van der Waals surface area contributed by atoms with Crippen LogP contribution in [0.15, 0.2) is 0 Å². The van der Waals surface area contributed by atoms with Crippen LogP contribution in [0.3, 0.4) is 0 Å². The second kappa shape index (κ2) is 7.76. The summed E-state index contributed by atoms with van der Waals surface area (Å²) in [5.41, 5.74) is -1.78. The molecule has 0 saturated heterocycles. The number of hydrogen-bond acceptors (Lipinski definition) is 7. The van der Waals surface area contributed by atoms with Crippen molar-refractivity contribution in [2.24, 2.45) is 0 Å². The molecule has 0 amide bonds. The van der Waals surface area contributed by atoms with E-state index in [1.807, 2.05) is 0 Å². The Labute approximate surface area is 119 Å². The number of rotatable bonds is 8. The van der Waals surface area contributed by atoms with E-state index in [-0.39, 0.29) is 13.2 Å². The summed E-state index contributed by atoms with van der Waals surface area (Å²) in [6.45, 7) is 8.97. The van der Waals surface area contributed by atoms with Gasteiger partial charge in [-0.3, -0.25) is 14.2 Å². The zero-order valence-electron chi connectivity index (χ0n) is 12.8. The highest BCUT2D eigenvalue weighted by atomic mass is 31.1. The molecule has 0 aliphatic carbocycles. The van der Waals surface area contributed by atoms with Crippen LogP contribution in [0, 0.1) is 0 Å². The number of ether oxygens (including phenoxy) is 2. The summed E-state index contributed by atoms with van der Waals surface area (Å²) in [4.78, 5) is 21.7. The molecule has 0 aromatic rings. The summed E-state index contributed by atoms with van der Waals surface area (Å²) < 4.78 is 31.5. The second-order valence-electron chi connectivity index (χ2n) is 5.53. The van der Waals surface area contributed by atoms with Crippen LogP contribution in [0.1, 0.15) is 41.5 Å². The Morgan fingerprint density at radius 1 is 0.850 bits per heavy atom. The molecule has 7 nitrogen and oxygen atoms in total. The van der Waals surface area contributed by atoms with Gasteiger partial charge < -0.3 is 18.5 Å². The Balaban J connectivity index is 4.12. The minimum Gasteiger partial charge on any atom is -0.457 e. The molecule has 0 aromatic heterocycles. The third-order valence-corrected chi connectivity index (χ3v) is 2.68. The highest BCUT2D eigenvalue weighted by Gasteiger charge is 2.25. The number of esters is 2. The van der Waals surface area contributed by atoms with Gasteiger partial charge in [0, 0.05) is 13.8 Å². The molecule has 0 aromatic carbocycles. The van der Waals surface area contributed by atoms with Crippen molar-refractivity contribution >= 4 is 20.2 Å². The Hall–Kier alpha value is -0.910. The molecule has 0 bridgehead atoms.